The van der Waals surface area contributed by atoms with E-state index in [9.17, 15) is 0 Å². The van der Waals surface area contributed by atoms with Crippen molar-refractivity contribution in [3.63, 3.8) is 0 Å². The summed E-state index contributed by atoms with van der Waals surface area (Å²) in [5.74, 6) is 0.743. The number of anilines is 1. The molecule has 1 fully saturated rings. The van der Waals surface area contributed by atoms with E-state index in [0.29, 0.717) is 16.1 Å². The van der Waals surface area contributed by atoms with Crippen LogP contribution >= 0.6 is 12.2 Å². The highest BCUT2D eigenvalue weighted by Crippen LogP contribution is 2.35. The van der Waals surface area contributed by atoms with Crippen molar-refractivity contribution in [2.24, 2.45) is 17.1 Å². The molecule has 2 heterocycles. The number of rotatable bonds is 2. The van der Waals surface area contributed by atoms with Gasteiger partial charge in [-0.3, -0.25) is 4.98 Å². The Bertz CT molecular complexity index is 433. The SMILES string of the molecule is CC(C)(C)C1CCN(c2ccc(C(N)=S)nc2)C1. The lowest BCUT2D eigenvalue weighted by Crippen LogP contribution is -2.26. The number of nitrogens with two attached hydrogens (primary N) is 1. The molecule has 0 spiro atoms. The highest BCUT2D eigenvalue weighted by molar-refractivity contribution is 7.80. The van der Waals surface area contributed by atoms with E-state index in [1.165, 1.54) is 12.1 Å². The fourth-order valence-electron chi connectivity index (χ4n) is 2.42. The fraction of sp³-hybridized carbons (Fsp3) is 0.571. The van der Waals surface area contributed by atoms with Crippen LogP contribution in [0.2, 0.25) is 0 Å². The lowest BCUT2D eigenvalue weighted by atomic mass is 9.80. The predicted octanol–water partition coefficient (Wildman–Crippen LogP) is 2.59. The van der Waals surface area contributed by atoms with Crippen molar-refractivity contribution in [3.8, 4) is 0 Å². The average molecular weight is 263 g/mol. The molecular weight excluding hydrogens is 242 g/mol. The first-order valence-electron chi connectivity index (χ1n) is 6.39. The van der Waals surface area contributed by atoms with Gasteiger partial charge in [0.15, 0.2) is 0 Å². The van der Waals surface area contributed by atoms with E-state index in [4.69, 9.17) is 18.0 Å². The van der Waals surface area contributed by atoms with Crippen molar-refractivity contribution in [2.45, 2.75) is 27.2 Å². The average Bonchev–Trinajstić information content (AvgIpc) is 2.78. The first-order valence-corrected chi connectivity index (χ1v) is 6.79. The van der Waals surface area contributed by atoms with Gasteiger partial charge in [-0.1, -0.05) is 33.0 Å². The van der Waals surface area contributed by atoms with E-state index >= 15 is 0 Å². The summed E-state index contributed by atoms with van der Waals surface area (Å²) >= 11 is 4.91. The maximum atomic E-state index is 5.55. The van der Waals surface area contributed by atoms with Crippen LogP contribution in [0.4, 0.5) is 5.69 Å². The lowest BCUT2D eigenvalue weighted by Gasteiger charge is -2.27. The molecule has 1 aromatic rings. The molecule has 4 heteroatoms. The molecule has 1 aliphatic rings. The molecule has 0 aliphatic carbocycles. The third-order valence-electron chi connectivity index (χ3n) is 3.78. The molecule has 1 saturated heterocycles. The Morgan fingerprint density at radius 1 is 1.44 bits per heavy atom. The number of pyridine rings is 1. The maximum Gasteiger partial charge on any atom is 0.122 e. The molecule has 0 amide bonds. The Morgan fingerprint density at radius 3 is 2.61 bits per heavy atom. The van der Waals surface area contributed by atoms with Gasteiger partial charge in [-0.25, -0.2) is 0 Å². The number of nitrogens with zero attached hydrogens (tertiary/aromatic N) is 2. The molecule has 1 aliphatic heterocycles. The van der Waals surface area contributed by atoms with Crippen molar-refractivity contribution >= 4 is 22.9 Å². The zero-order valence-corrected chi connectivity index (χ0v) is 12.1. The van der Waals surface area contributed by atoms with Gasteiger partial charge < -0.3 is 10.6 Å². The third-order valence-corrected chi connectivity index (χ3v) is 3.99. The number of hydrogen-bond acceptors (Lipinski definition) is 3. The Kier molecular flexibility index (Phi) is 3.57. The van der Waals surface area contributed by atoms with E-state index in [0.717, 1.165) is 19.0 Å². The molecular formula is C14H21N3S. The van der Waals surface area contributed by atoms with Gasteiger partial charge in [-0.2, -0.15) is 0 Å². The van der Waals surface area contributed by atoms with Crippen LogP contribution in [0.25, 0.3) is 0 Å². The molecule has 3 nitrogen and oxygen atoms in total. The Hall–Kier alpha value is -1.16. The molecule has 18 heavy (non-hydrogen) atoms. The quantitative estimate of drug-likeness (QED) is 0.833. The number of hydrogen-bond donors (Lipinski definition) is 1. The largest absolute Gasteiger partial charge is 0.388 e. The van der Waals surface area contributed by atoms with Crippen molar-refractivity contribution in [1.82, 2.24) is 4.98 Å². The first kappa shape index (κ1) is 13.3. The maximum absolute atomic E-state index is 5.55. The molecule has 2 rings (SSSR count). The standard InChI is InChI=1S/C14H21N3S/c1-14(2,3)10-6-7-17(9-10)11-4-5-12(13(15)18)16-8-11/h4-5,8,10H,6-7,9H2,1-3H3,(H2,15,18). The Labute approximate surface area is 114 Å². The normalized spacial score (nSPS) is 20.2. The minimum atomic E-state index is 0.357. The summed E-state index contributed by atoms with van der Waals surface area (Å²) in [5, 5.41) is 0. The third kappa shape index (κ3) is 2.80. The highest BCUT2D eigenvalue weighted by atomic mass is 32.1. The van der Waals surface area contributed by atoms with Crippen molar-refractivity contribution in [3.05, 3.63) is 24.0 Å². The second kappa shape index (κ2) is 4.84. The van der Waals surface area contributed by atoms with Crippen LogP contribution in [-0.4, -0.2) is 23.1 Å². The van der Waals surface area contributed by atoms with Crippen LogP contribution in [0.3, 0.4) is 0 Å². The van der Waals surface area contributed by atoms with Crippen LogP contribution in [0.15, 0.2) is 18.3 Å². The fourth-order valence-corrected chi connectivity index (χ4v) is 2.54. The van der Waals surface area contributed by atoms with Crippen LogP contribution in [0.1, 0.15) is 32.9 Å². The zero-order chi connectivity index (χ0) is 13.3. The summed E-state index contributed by atoms with van der Waals surface area (Å²) in [6.45, 7) is 9.16. The van der Waals surface area contributed by atoms with E-state index in [1.807, 2.05) is 12.3 Å². The Morgan fingerprint density at radius 2 is 2.17 bits per heavy atom. The summed E-state index contributed by atoms with van der Waals surface area (Å²) in [6, 6.07) is 3.97. The monoisotopic (exact) mass is 263 g/mol. The topological polar surface area (TPSA) is 42.1 Å². The van der Waals surface area contributed by atoms with Crippen LogP contribution in [0, 0.1) is 11.3 Å². The van der Waals surface area contributed by atoms with Gasteiger partial charge in [-0.15, -0.1) is 0 Å². The van der Waals surface area contributed by atoms with Gasteiger partial charge in [0.1, 0.15) is 4.99 Å². The predicted molar refractivity (Wildman–Crippen MR) is 79.9 cm³/mol. The molecule has 1 atom stereocenters. The van der Waals surface area contributed by atoms with Gasteiger partial charge >= 0.3 is 0 Å². The van der Waals surface area contributed by atoms with Crippen LogP contribution < -0.4 is 10.6 Å². The molecule has 98 valence electrons. The van der Waals surface area contributed by atoms with Gasteiger partial charge in [0.05, 0.1) is 17.6 Å². The van der Waals surface area contributed by atoms with Crippen molar-refractivity contribution in [2.75, 3.05) is 18.0 Å². The van der Waals surface area contributed by atoms with Crippen molar-refractivity contribution < 1.29 is 0 Å². The van der Waals surface area contributed by atoms with Gasteiger partial charge in [0, 0.05) is 13.1 Å². The van der Waals surface area contributed by atoms with Crippen molar-refractivity contribution in [1.29, 1.82) is 0 Å². The molecule has 0 aromatic carbocycles. The van der Waals surface area contributed by atoms with Gasteiger partial charge in [0.25, 0.3) is 0 Å². The Balaban J connectivity index is 2.08. The minimum Gasteiger partial charge on any atom is -0.388 e. The summed E-state index contributed by atoms with van der Waals surface area (Å²) < 4.78 is 0. The molecule has 0 saturated carbocycles. The summed E-state index contributed by atoms with van der Waals surface area (Å²) in [7, 11) is 0. The second-order valence-corrected chi connectivity index (χ2v) is 6.50. The molecule has 2 N–H and O–H groups in total. The minimum absolute atomic E-state index is 0.357. The van der Waals surface area contributed by atoms with E-state index in [1.54, 1.807) is 0 Å². The second-order valence-electron chi connectivity index (χ2n) is 6.06. The van der Waals surface area contributed by atoms with Crippen LogP contribution in [0.5, 0.6) is 0 Å². The smallest absolute Gasteiger partial charge is 0.122 e. The molecule has 1 unspecified atom stereocenters. The highest BCUT2D eigenvalue weighted by Gasteiger charge is 2.31. The molecule has 1 aromatic heterocycles. The lowest BCUT2D eigenvalue weighted by molar-refractivity contribution is 0.263. The van der Waals surface area contributed by atoms with E-state index in [2.05, 4.69) is 36.7 Å². The number of thiocarbonyl (C=S) groups is 1. The molecule has 0 bridgehead atoms. The molecule has 0 radical (unpaired) electrons. The van der Waals surface area contributed by atoms with Gasteiger partial charge in [-0.05, 0) is 29.9 Å². The summed E-state index contributed by atoms with van der Waals surface area (Å²) in [5.41, 5.74) is 7.79. The number of aromatic nitrogens is 1. The van der Waals surface area contributed by atoms with E-state index in [-0.39, 0.29) is 0 Å². The summed E-state index contributed by atoms with van der Waals surface area (Å²) in [4.78, 5) is 7.05. The van der Waals surface area contributed by atoms with E-state index < -0.39 is 0 Å². The first-order chi connectivity index (χ1) is 8.38. The van der Waals surface area contributed by atoms with Crippen LogP contribution in [-0.2, 0) is 0 Å². The van der Waals surface area contributed by atoms with Gasteiger partial charge in [0.2, 0.25) is 0 Å². The summed E-state index contributed by atoms with van der Waals surface area (Å²) in [6.07, 6.45) is 3.13. The zero-order valence-electron chi connectivity index (χ0n) is 11.3.